The van der Waals surface area contributed by atoms with Crippen LogP contribution in [0.15, 0.2) is 18.2 Å². The summed E-state index contributed by atoms with van der Waals surface area (Å²) in [4.78, 5) is 69.0. The predicted octanol–water partition coefficient (Wildman–Crippen LogP) is 4.77. The molecule has 3 fully saturated rings. The van der Waals surface area contributed by atoms with Gasteiger partial charge in [-0.15, -0.1) is 0 Å². The molecule has 1 aromatic rings. The fourth-order valence-corrected chi connectivity index (χ4v) is 7.10. The second kappa shape index (κ2) is 14.1. The van der Waals surface area contributed by atoms with Crippen LogP contribution >= 0.6 is 0 Å². The number of alkyl halides is 3. The fraction of sp³-hybridized carbons (Fsp3) is 0.676. The highest BCUT2D eigenvalue weighted by Crippen LogP contribution is 2.47. The molecular formula is C34H45F3N4O8. The second-order valence-electron chi connectivity index (χ2n) is 14.6. The Morgan fingerprint density at radius 3 is 2.39 bits per heavy atom. The Balaban J connectivity index is 1.34. The molecule has 0 aromatic heterocycles. The van der Waals surface area contributed by atoms with E-state index in [-0.39, 0.29) is 51.2 Å². The third-order valence-electron chi connectivity index (χ3n) is 9.79. The molecule has 0 spiro atoms. The maximum absolute atomic E-state index is 14.1. The van der Waals surface area contributed by atoms with Crippen molar-refractivity contribution >= 4 is 30.0 Å². The Hall–Kier alpha value is -4.04. The first kappa shape index (κ1) is 36.2. The second-order valence-corrected chi connectivity index (χ2v) is 14.6. The molecule has 0 bridgehead atoms. The van der Waals surface area contributed by atoms with Crippen molar-refractivity contribution in [2.24, 2.45) is 5.92 Å². The molecule has 49 heavy (non-hydrogen) atoms. The van der Waals surface area contributed by atoms with Gasteiger partial charge in [0.2, 0.25) is 11.8 Å². The van der Waals surface area contributed by atoms with Crippen molar-refractivity contribution in [1.29, 1.82) is 0 Å². The predicted molar refractivity (Wildman–Crippen MR) is 168 cm³/mol. The molecular weight excluding hydrogens is 649 g/mol. The first-order chi connectivity index (χ1) is 23.0. The number of hydrogen-bond acceptors (Lipinski definition) is 7. The average molecular weight is 695 g/mol. The minimum Gasteiger partial charge on any atom is -0.479 e. The number of carboxylic acids is 1. The standard InChI is InChI=1S/C34H45F3N4O8/c1-32(2,3)49-30(46)38-25-10-8-6-4-5-7-9-23-17-33(23,29(44)45)39-27(42)26-16-24(19-41(26)28(25)43)48-31(47)40-14-13-20-15-22(34(35,36)37)12-11-21(20)18-40/h11-12,15,23-26H,4-10,13-14,16-19H2,1-3H3,(H,38,46)(H,39,42)(H,44,45)/t23-,24-,25+,26+,33-/m1/s1. The van der Waals surface area contributed by atoms with Gasteiger partial charge in [-0.25, -0.2) is 14.4 Å². The molecule has 15 heteroatoms. The smallest absolute Gasteiger partial charge is 0.416 e. The minimum absolute atomic E-state index is 0.0238. The van der Waals surface area contributed by atoms with E-state index in [1.165, 1.54) is 15.9 Å². The van der Waals surface area contributed by atoms with Gasteiger partial charge >= 0.3 is 24.3 Å². The van der Waals surface area contributed by atoms with Gasteiger partial charge < -0.3 is 35.0 Å². The van der Waals surface area contributed by atoms with E-state index in [1.54, 1.807) is 20.8 Å². The molecule has 1 saturated carbocycles. The minimum atomic E-state index is -4.48. The number of carbonyl (C=O) groups is 5. The van der Waals surface area contributed by atoms with Gasteiger partial charge in [0.1, 0.15) is 29.3 Å². The molecule has 3 heterocycles. The average Bonchev–Trinajstić information content (AvgIpc) is 3.55. The van der Waals surface area contributed by atoms with Crippen LogP contribution in [-0.4, -0.2) is 87.3 Å². The van der Waals surface area contributed by atoms with E-state index in [9.17, 15) is 42.3 Å². The van der Waals surface area contributed by atoms with Crippen molar-refractivity contribution in [3.8, 4) is 0 Å². The van der Waals surface area contributed by atoms with Crippen LogP contribution in [0.3, 0.4) is 0 Å². The number of nitrogens with one attached hydrogen (secondary N) is 2. The number of aliphatic carboxylic acids is 1. The van der Waals surface area contributed by atoms with Crippen LogP contribution in [0, 0.1) is 5.92 Å². The highest BCUT2D eigenvalue weighted by Gasteiger charge is 2.62. The van der Waals surface area contributed by atoms with E-state index in [0.717, 1.165) is 37.8 Å². The van der Waals surface area contributed by atoms with Gasteiger partial charge in [0.05, 0.1) is 12.1 Å². The molecule has 4 amide bonds. The number of rotatable bonds is 3. The molecule has 4 aliphatic rings. The van der Waals surface area contributed by atoms with Gasteiger partial charge in [0.15, 0.2) is 0 Å². The lowest BCUT2D eigenvalue weighted by Crippen LogP contribution is -2.56. The zero-order valence-corrected chi connectivity index (χ0v) is 28.1. The molecule has 12 nitrogen and oxygen atoms in total. The Morgan fingerprint density at radius 1 is 1.02 bits per heavy atom. The lowest BCUT2D eigenvalue weighted by molar-refractivity contribution is -0.146. The summed E-state index contributed by atoms with van der Waals surface area (Å²) in [6, 6.07) is 1.16. The number of fused-ring (bicyclic) bond motifs is 3. The largest absolute Gasteiger partial charge is 0.479 e. The molecule has 5 rings (SSSR count). The van der Waals surface area contributed by atoms with Crippen LogP contribution in [0.4, 0.5) is 22.8 Å². The van der Waals surface area contributed by atoms with Crippen molar-refractivity contribution in [2.75, 3.05) is 13.1 Å². The Labute approximate surface area is 283 Å². The summed E-state index contributed by atoms with van der Waals surface area (Å²) in [7, 11) is 0. The number of halogens is 3. The molecule has 0 radical (unpaired) electrons. The van der Waals surface area contributed by atoms with Gasteiger partial charge in [-0.1, -0.05) is 38.2 Å². The number of amides is 4. The van der Waals surface area contributed by atoms with E-state index in [1.807, 2.05) is 0 Å². The molecule has 0 unspecified atom stereocenters. The third-order valence-corrected chi connectivity index (χ3v) is 9.79. The molecule has 3 aliphatic heterocycles. The molecule has 270 valence electrons. The van der Waals surface area contributed by atoms with Crippen LogP contribution in [-0.2, 0) is 43.0 Å². The summed E-state index contributed by atoms with van der Waals surface area (Å²) < 4.78 is 50.8. The van der Waals surface area contributed by atoms with Gasteiger partial charge in [0, 0.05) is 19.5 Å². The van der Waals surface area contributed by atoms with Crippen LogP contribution < -0.4 is 10.6 Å². The monoisotopic (exact) mass is 694 g/mol. The zero-order valence-electron chi connectivity index (χ0n) is 28.1. The Kier molecular flexibility index (Phi) is 10.4. The van der Waals surface area contributed by atoms with Crippen molar-refractivity contribution in [1.82, 2.24) is 20.4 Å². The summed E-state index contributed by atoms with van der Waals surface area (Å²) in [6.45, 7) is 5.02. The molecule has 5 atom stereocenters. The van der Waals surface area contributed by atoms with Crippen LogP contribution in [0.2, 0.25) is 0 Å². The molecule has 1 aromatic carbocycles. The van der Waals surface area contributed by atoms with Crippen molar-refractivity contribution in [3.05, 3.63) is 34.9 Å². The van der Waals surface area contributed by atoms with E-state index in [2.05, 4.69) is 10.6 Å². The zero-order chi connectivity index (χ0) is 35.7. The highest BCUT2D eigenvalue weighted by molar-refractivity contribution is 5.96. The third kappa shape index (κ3) is 8.58. The number of benzene rings is 1. The maximum atomic E-state index is 14.1. The maximum Gasteiger partial charge on any atom is 0.416 e. The van der Waals surface area contributed by atoms with Crippen molar-refractivity contribution in [2.45, 2.75) is 127 Å². The summed E-state index contributed by atoms with van der Waals surface area (Å²) in [5.74, 6) is -2.65. The first-order valence-corrected chi connectivity index (χ1v) is 17.0. The lowest BCUT2D eigenvalue weighted by Gasteiger charge is -2.30. The lowest BCUT2D eigenvalue weighted by atomic mass is 9.97. The molecule has 3 N–H and O–H groups in total. The number of alkyl carbamates (subject to hydrolysis) is 1. The fourth-order valence-electron chi connectivity index (χ4n) is 7.10. The van der Waals surface area contributed by atoms with Crippen molar-refractivity contribution in [3.63, 3.8) is 0 Å². The number of ether oxygens (including phenoxy) is 2. The summed E-state index contributed by atoms with van der Waals surface area (Å²) in [6.07, 6.45) is -1.79. The summed E-state index contributed by atoms with van der Waals surface area (Å²) >= 11 is 0. The normalized spacial score (nSPS) is 28.1. The quantitative estimate of drug-likeness (QED) is 0.409. The van der Waals surface area contributed by atoms with Gasteiger partial charge in [0.25, 0.3) is 0 Å². The number of carboxylic acid groups (broad SMARTS) is 1. The SMILES string of the molecule is CC(C)(C)OC(=O)N[C@H]1CCCCCCC[C@@H]2C[C@@]2(C(=O)O)NC(=O)[C@@H]2C[C@@H](OC(=O)N3CCc4cc(C(F)(F)F)ccc4C3)CN2C1=O. The summed E-state index contributed by atoms with van der Waals surface area (Å²) in [5.41, 5.74) is -1.99. The van der Waals surface area contributed by atoms with E-state index >= 15 is 0 Å². The molecule has 1 aliphatic carbocycles. The molecule has 2 saturated heterocycles. The van der Waals surface area contributed by atoms with E-state index in [0.29, 0.717) is 24.0 Å². The number of nitrogens with zero attached hydrogens (tertiary/aromatic N) is 2. The Bertz CT molecular complexity index is 1460. The number of hydrogen-bond donors (Lipinski definition) is 3. The topological polar surface area (TPSA) is 155 Å². The van der Waals surface area contributed by atoms with Crippen molar-refractivity contribution < 1.29 is 51.7 Å². The summed E-state index contributed by atoms with van der Waals surface area (Å²) in [5, 5.41) is 15.4. The van der Waals surface area contributed by atoms with E-state index in [4.69, 9.17) is 9.47 Å². The highest BCUT2D eigenvalue weighted by atomic mass is 19.4. The van der Waals surface area contributed by atoms with Crippen LogP contribution in [0.25, 0.3) is 0 Å². The Morgan fingerprint density at radius 2 is 1.71 bits per heavy atom. The van der Waals surface area contributed by atoms with Crippen LogP contribution in [0.1, 0.15) is 95.2 Å². The number of carbonyl (C=O) groups excluding carboxylic acids is 4. The first-order valence-electron chi connectivity index (χ1n) is 17.0. The van der Waals surface area contributed by atoms with E-state index < -0.39 is 71.0 Å². The van der Waals surface area contributed by atoms with Gasteiger partial charge in [-0.2, -0.15) is 13.2 Å². The van der Waals surface area contributed by atoms with Crippen LogP contribution in [0.5, 0.6) is 0 Å². The van der Waals surface area contributed by atoms with Gasteiger partial charge in [-0.05, 0) is 75.6 Å². The van der Waals surface area contributed by atoms with Gasteiger partial charge in [-0.3, -0.25) is 9.59 Å².